The smallest absolute Gasteiger partial charge is 0.279 e. The molecule has 1 aliphatic heterocycles. The Morgan fingerprint density at radius 3 is 2.58 bits per heavy atom. The van der Waals surface area contributed by atoms with Gasteiger partial charge in [-0.25, -0.2) is 4.72 Å². The van der Waals surface area contributed by atoms with Crippen LogP contribution in [-0.2, 0) is 21.5 Å². The number of piperidine rings is 1. The Morgan fingerprint density at radius 2 is 1.92 bits per heavy atom. The number of rotatable bonds is 9. The van der Waals surface area contributed by atoms with E-state index < -0.39 is 10.2 Å². The number of likely N-dealkylation sites (tertiary alicyclic amines) is 1. The molecule has 1 fully saturated rings. The molecule has 136 valence electrons. The summed E-state index contributed by atoms with van der Waals surface area (Å²) in [5.74, 6) is 0. The van der Waals surface area contributed by atoms with Gasteiger partial charge in [0.25, 0.3) is 10.2 Å². The van der Waals surface area contributed by atoms with E-state index in [0.717, 1.165) is 31.5 Å². The molecular weight excluding hydrogens is 326 g/mol. The Balaban J connectivity index is 1.63. The molecule has 0 amide bonds. The molecule has 0 unspecified atom stereocenters. The van der Waals surface area contributed by atoms with E-state index in [4.69, 9.17) is 4.74 Å². The summed E-state index contributed by atoms with van der Waals surface area (Å²) in [6, 6.07) is 9.57. The summed E-state index contributed by atoms with van der Waals surface area (Å²) in [6.07, 6.45) is 3.12. The number of hydrogen-bond acceptors (Lipinski definition) is 4. The molecule has 24 heavy (non-hydrogen) atoms. The van der Waals surface area contributed by atoms with Crippen LogP contribution in [0.25, 0.3) is 0 Å². The second-order valence-corrected chi connectivity index (χ2v) is 8.23. The first kappa shape index (κ1) is 19.3. The molecule has 7 heteroatoms. The highest BCUT2D eigenvalue weighted by Gasteiger charge is 2.18. The molecule has 0 aliphatic carbocycles. The molecule has 0 saturated carbocycles. The molecule has 1 aromatic carbocycles. The fourth-order valence-corrected chi connectivity index (χ4v) is 3.65. The van der Waals surface area contributed by atoms with Crippen molar-refractivity contribution in [3.05, 3.63) is 35.9 Å². The second kappa shape index (κ2) is 9.48. The van der Waals surface area contributed by atoms with Crippen LogP contribution < -0.4 is 4.72 Å². The minimum atomic E-state index is -3.45. The highest BCUT2D eigenvalue weighted by Crippen LogP contribution is 2.12. The van der Waals surface area contributed by atoms with Gasteiger partial charge in [0, 0.05) is 39.8 Å². The zero-order chi connectivity index (χ0) is 17.4. The molecule has 6 nitrogen and oxygen atoms in total. The van der Waals surface area contributed by atoms with Gasteiger partial charge < -0.3 is 9.64 Å². The average molecular weight is 356 g/mol. The normalized spacial score (nSPS) is 17.5. The van der Waals surface area contributed by atoms with E-state index in [0.29, 0.717) is 32.2 Å². The molecule has 1 saturated heterocycles. The monoisotopic (exact) mass is 355 g/mol. The highest BCUT2D eigenvalue weighted by molar-refractivity contribution is 7.87. The van der Waals surface area contributed by atoms with Crippen LogP contribution in [0.2, 0.25) is 0 Å². The molecule has 0 aromatic heterocycles. The number of ether oxygens (including phenoxy) is 1. The summed E-state index contributed by atoms with van der Waals surface area (Å²) in [5, 5.41) is 0. The van der Waals surface area contributed by atoms with Crippen LogP contribution in [-0.4, -0.2) is 64.1 Å². The van der Waals surface area contributed by atoms with Crippen molar-refractivity contribution in [3.8, 4) is 0 Å². The van der Waals surface area contributed by atoms with Crippen LogP contribution in [0.3, 0.4) is 0 Å². The maximum Gasteiger partial charge on any atom is 0.279 e. The van der Waals surface area contributed by atoms with Crippen LogP contribution in [0.5, 0.6) is 0 Å². The zero-order valence-corrected chi connectivity index (χ0v) is 15.5. The van der Waals surface area contributed by atoms with Gasteiger partial charge in [-0.2, -0.15) is 12.7 Å². The van der Waals surface area contributed by atoms with Crippen molar-refractivity contribution in [3.63, 3.8) is 0 Å². The van der Waals surface area contributed by atoms with Crippen LogP contribution in [0, 0.1) is 0 Å². The van der Waals surface area contributed by atoms with E-state index in [1.165, 1.54) is 4.31 Å². The van der Waals surface area contributed by atoms with Crippen molar-refractivity contribution in [2.75, 3.05) is 40.3 Å². The van der Waals surface area contributed by atoms with Crippen molar-refractivity contribution >= 4 is 10.2 Å². The molecule has 0 atom stereocenters. The van der Waals surface area contributed by atoms with E-state index >= 15 is 0 Å². The Morgan fingerprint density at radius 1 is 1.25 bits per heavy atom. The van der Waals surface area contributed by atoms with Gasteiger partial charge in [0.05, 0.1) is 6.10 Å². The molecule has 1 aromatic rings. The number of nitrogens with one attached hydrogen (secondary N) is 1. The molecule has 0 radical (unpaired) electrons. The van der Waals surface area contributed by atoms with Gasteiger partial charge >= 0.3 is 0 Å². The SMILES string of the molecule is CN1CCC(OCCCNS(=O)(=O)N(C)Cc2ccccc2)CC1. The molecule has 1 heterocycles. The van der Waals surface area contributed by atoms with Crippen molar-refractivity contribution in [2.24, 2.45) is 0 Å². The van der Waals surface area contributed by atoms with Crippen molar-refractivity contribution in [1.82, 2.24) is 13.9 Å². The maximum atomic E-state index is 12.2. The minimum Gasteiger partial charge on any atom is -0.378 e. The number of hydrogen-bond donors (Lipinski definition) is 1. The quantitative estimate of drug-likeness (QED) is 0.681. The molecule has 2 rings (SSSR count). The maximum absolute atomic E-state index is 12.2. The average Bonchev–Trinajstić information content (AvgIpc) is 2.57. The summed E-state index contributed by atoms with van der Waals surface area (Å²) < 4.78 is 34.2. The first-order valence-electron chi connectivity index (χ1n) is 8.52. The van der Waals surface area contributed by atoms with Crippen molar-refractivity contribution in [2.45, 2.75) is 31.9 Å². The van der Waals surface area contributed by atoms with Crippen LogP contribution >= 0.6 is 0 Å². The minimum absolute atomic E-state index is 0.318. The van der Waals surface area contributed by atoms with Gasteiger partial charge in [0.2, 0.25) is 0 Å². The van der Waals surface area contributed by atoms with E-state index in [1.54, 1.807) is 7.05 Å². The summed E-state index contributed by atoms with van der Waals surface area (Å²) in [6.45, 7) is 3.50. The molecule has 1 aliphatic rings. The summed E-state index contributed by atoms with van der Waals surface area (Å²) in [5.41, 5.74) is 0.968. The summed E-state index contributed by atoms with van der Waals surface area (Å²) in [4.78, 5) is 2.30. The van der Waals surface area contributed by atoms with Gasteiger partial charge in [-0.3, -0.25) is 0 Å². The lowest BCUT2D eigenvalue weighted by molar-refractivity contribution is 0.0120. The van der Waals surface area contributed by atoms with Gasteiger partial charge in [-0.05, 0) is 31.9 Å². The lowest BCUT2D eigenvalue weighted by Gasteiger charge is -2.28. The Bertz CT molecular complexity index is 572. The predicted molar refractivity (Wildman–Crippen MR) is 95.9 cm³/mol. The van der Waals surface area contributed by atoms with E-state index in [9.17, 15) is 8.42 Å². The first-order chi connectivity index (χ1) is 11.5. The van der Waals surface area contributed by atoms with E-state index in [2.05, 4.69) is 16.7 Å². The van der Waals surface area contributed by atoms with E-state index in [-0.39, 0.29) is 0 Å². The third-order valence-electron chi connectivity index (χ3n) is 4.28. The van der Waals surface area contributed by atoms with Crippen LogP contribution in [0.15, 0.2) is 30.3 Å². The van der Waals surface area contributed by atoms with Gasteiger partial charge in [0.15, 0.2) is 0 Å². The summed E-state index contributed by atoms with van der Waals surface area (Å²) >= 11 is 0. The van der Waals surface area contributed by atoms with Gasteiger partial charge in [-0.15, -0.1) is 0 Å². The van der Waals surface area contributed by atoms with Crippen LogP contribution in [0.1, 0.15) is 24.8 Å². The van der Waals surface area contributed by atoms with Crippen molar-refractivity contribution < 1.29 is 13.2 Å². The van der Waals surface area contributed by atoms with Crippen LogP contribution in [0.4, 0.5) is 0 Å². The lowest BCUT2D eigenvalue weighted by Crippen LogP contribution is -2.38. The Labute approximate surface area is 146 Å². The molecular formula is C17H29N3O3S. The molecule has 0 bridgehead atoms. The molecule has 1 N–H and O–H groups in total. The first-order valence-corrected chi connectivity index (χ1v) is 9.96. The molecule has 0 spiro atoms. The predicted octanol–water partition coefficient (Wildman–Crippen LogP) is 1.45. The fourth-order valence-electron chi connectivity index (χ4n) is 2.71. The topological polar surface area (TPSA) is 61.9 Å². The Hall–Kier alpha value is -0.990. The third kappa shape index (κ3) is 6.49. The lowest BCUT2D eigenvalue weighted by atomic mass is 10.1. The van der Waals surface area contributed by atoms with Crippen molar-refractivity contribution in [1.29, 1.82) is 0 Å². The van der Waals surface area contributed by atoms with Gasteiger partial charge in [-0.1, -0.05) is 30.3 Å². The number of nitrogens with zero attached hydrogens (tertiary/aromatic N) is 2. The highest BCUT2D eigenvalue weighted by atomic mass is 32.2. The Kier molecular flexibility index (Phi) is 7.64. The fraction of sp³-hybridized carbons (Fsp3) is 0.647. The summed E-state index contributed by atoms with van der Waals surface area (Å²) in [7, 11) is 0.260. The second-order valence-electron chi connectivity index (χ2n) is 6.37. The number of benzene rings is 1. The largest absolute Gasteiger partial charge is 0.378 e. The van der Waals surface area contributed by atoms with E-state index in [1.807, 2.05) is 30.3 Å². The van der Waals surface area contributed by atoms with Gasteiger partial charge in [0.1, 0.15) is 0 Å². The third-order valence-corrected chi connectivity index (χ3v) is 5.80. The standard InChI is InChI=1S/C17H29N3O3S/c1-19-12-9-17(10-13-19)23-14-6-11-18-24(21,22)20(2)15-16-7-4-3-5-8-16/h3-5,7-8,17-18H,6,9-15H2,1-2H3. The zero-order valence-electron chi connectivity index (χ0n) is 14.6.